The van der Waals surface area contributed by atoms with Gasteiger partial charge in [-0.25, -0.2) is 4.79 Å². The van der Waals surface area contributed by atoms with Crippen LogP contribution in [0, 0.1) is 5.41 Å². The van der Waals surface area contributed by atoms with E-state index in [1.165, 1.54) is 7.11 Å². The van der Waals surface area contributed by atoms with Crippen LogP contribution in [-0.2, 0) is 14.3 Å². The van der Waals surface area contributed by atoms with Gasteiger partial charge in [0, 0.05) is 29.0 Å². The van der Waals surface area contributed by atoms with Crippen LogP contribution in [0.3, 0.4) is 0 Å². The van der Waals surface area contributed by atoms with Crippen molar-refractivity contribution in [1.82, 2.24) is 5.32 Å². The van der Waals surface area contributed by atoms with Crippen LogP contribution in [0.1, 0.15) is 58.9 Å². The van der Waals surface area contributed by atoms with Crippen molar-refractivity contribution in [3.63, 3.8) is 0 Å². The number of dihydropyridines is 1. The van der Waals surface area contributed by atoms with Crippen molar-refractivity contribution in [2.75, 3.05) is 7.11 Å². The monoisotopic (exact) mass is 383 g/mol. The summed E-state index contributed by atoms with van der Waals surface area (Å²) in [7, 11) is 1.37. The smallest absolute Gasteiger partial charge is 0.336 e. The largest absolute Gasteiger partial charge is 0.491 e. The molecular weight excluding hydrogens is 354 g/mol. The van der Waals surface area contributed by atoms with Crippen LogP contribution in [0.25, 0.3) is 0 Å². The fourth-order valence-corrected chi connectivity index (χ4v) is 4.21. The van der Waals surface area contributed by atoms with E-state index in [0.29, 0.717) is 23.3 Å². The standard InChI is InChI=1S/C23H29NO4/c1-13(2)28-18-10-8-7-9-15(18)20-19(22(26)27-6)14(3)24-16-11-23(4,5)12-17(25)21(16)20/h7-10,13,20,24H,11-12H2,1-6H3/t20-/m0/s1. The molecule has 0 amide bonds. The molecule has 1 heterocycles. The molecule has 150 valence electrons. The molecule has 1 atom stereocenters. The van der Waals surface area contributed by atoms with Gasteiger partial charge < -0.3 is 14.8 Å². The van der Waals surface area contributed by atoms with Crippen LogP contribution >= 0.6 is 0 Å². The molecule has 0 spiro atoms. The maximum absolute atomic E-state index is 13.2. The maximum Gasteiger partial charge on any atom is 0.336 e. The molecule has 0 saturated carbocycles. The Morgan fingerprint density at radius 3 is 2.54 bits per heavy atom. The van der Waals surface area contributed by atoms with Gasteiger partial charge in [-0.1, -0.05) is 32.0 Å². The summed E-state index contributed by atoms with van der Waals surface area (Å²) < 4.78 is 11.1. The molecule has 0 radical (unpaired) electrons. The Bertz CT molecular complexity index is 876. The number of hydrogen-bond donors (Lipinski definition) is 1. The number of benzene rings is 1. The number of para-hydroxylation sites is 1. The molecule has 5 nitrogen and oxygen atoms in total. The normalized spacial score (nSPS) is 21.4. The van der Waals surface area contributed by atoms with Crippen molar-refractivity contribution in [3.05, 3.63) is 52.4 Å². The molecule has 3 rings (SSSR count). The first-order valence-corrected chi connectivity index (χ1v) is 9.72. The zero-order chi connectivity index (χ0) is 20.6. The van der Waals surface area contributed by atoms with Crippen LogP contribution in [0.15, 0.2) is 46.8 Å². The number of allylic oxidation sites excluding steroid dienone is 3. The number of Topliss-reactive ketones (excluding diaryl/α,β-unsaturated/α-hetero) is 1. The molecule has 0 fully saturated rings. The zero-order valence-corrected chi connectivity index (χ0v) is 17.5. The molecule has 1 aromatic rings. The second kappa shape index (κ2) is 7.46. The predicted molar refractivity (Wildman–Crippen MR) is 108 cm³/mol. The second-order valence-corrected chi connectivity index (χ2v) is 8.63. The lowest BCUT2D eigenvalue weighted by molar-refractivity contribution is -0.136. The number of esters is 1. The van der Waals surface area contributed by atoms with Gasteiger partial charge in [0.05, 0.1) is 24.7 Å². The van der Waals surface area contributed by atoms with Gasteiger partial charge in [-0.05, 0) is 38.7 Å². The van der Waals surface area contributed by atoms with Gasteiger partial charge in [-0.2, -0.15) is 0 Å². The Morgan fingerprint density at radius 2 is 1.89 bits per heavy atom. The average molecular weight is 383 g/mol. The summed E-state index contributed by atoms with van der Waals surface area (Å²) in [5.41, 5.74) is 3.44. The summed E-state index contributed by atoms with van der Waals surface area (Å²) in [6.45, 7) is 9.97. The second-order valence-electron chi connectivity index (χ2n) is 8.63. The van der Waals surface area contributed by atoms with Crippen LogP contribution in [0.5, 0.6) is 5.75 Å². The highest BCUT2D eigenvalue weighted by molar-refractivity contribution is 6.04. The zero-order valence-electron chi connectivity index (χ0n) is 17.5. The number of carbonyl (C=O) groups is 2. The van der Waals surface area contributed by atoms with E-state index in [1.807, 2.05) is 45.0 Å². The minimum atomic E-state index is -0.498. The van der Waals surface area contributed by atoms with E-state index in [2.05, 4.69) is 19.2 Å². The Hall–Kier alpha value is -2.56. The van der Waals surface area contributed by atoms with Gasteiger partial charge >= 0.3 is 5.97 Å². The molecule has 0 bridgehead atoms. The minimum Gasteiger partial charge on any atom is -0.491 e. The van der Waals surface area contributed by atoms with E-state index in [-0.39, 0.29) is 17.3 Å². The SMILES string of the molecule is COC(=O)C1=C(C)NC2=C(C(=O)CC(C)(C)C2)[C@H]1c1ccccc1OC(C)C. The molecule has 1 aliphatic heterocycles. The van der Waals surface area contributed by atoms with Gasteiger partial charge in [0.25, 0.3) is 0 Å². The third-order valence-corrected chi connectivity index (χ3v) is 5.24. The predicted octanol–water partition coefficient (Wildman–Crippen LogP) is 4.25. The van der Waals surface area contributed by atoms with Crippen molar-refractivity contribution in [2.45, 2.75) is 59.5 Å². The fourth-order valence-electron chi connectivity index (χ4n) is 4.21. The molecule has 5 heteroatoms. The molecule has 1 aliphatic carbocycles. The molecular formula is C23H29NO4. The number of carbonyl (C=O) groups excluding carboxylic acids is 2. The number of hydrogen-bond acceptors (Lipinski definition) is 5. The van der Waals surface area contributed by atoms with E-state index < -0.39 is 11.9 Å². The lowest BCUT2D eigenvalue weighted by Gasteiger charge is -2.39. The van der Waals surface area contributed by atoms with E-state index in [9.17, 15) is 9.59 Å². The van der Waals surface area contributed by atoms with Crippen molar-refractivity contribution in [3.8, 4) is 5.75 Å². The lowest BCUT2D eigenvalue weighted by Crippen LogP contribution is -2.38. The molecule has 1 N–H and O–H groups in total. The topological polar surface area (TPSA) is 64.6 Å². The van der Waals surface area contributed by atoms with Gasteiger partial charge in [-0.3, -0.25) is 4.79 Å². The number of rotatable bonds is 4. The Labute approximate surface area is 166 Å². The first-order chi connectivity index (χ1) is 13.1. The first-order valence-electron chi connectivity index (χ1n) is 9.72. The Balaban J connectivity index is 2.23. The van der Waals surface area contributed by atoms with E-state index in [0.717, 1.165) is 23.4 Å². The lowest BCUT2D eigenvalue weighted by atomic mass is 9.68. The van der Waals surface area contributed by atoms with Crippen molar-refractivity contribution >= 4 is 11.8 Å². The van der Waals surface area contributed by atoms with Gasteiger partial charge in [0.2, 0.25) is 0 Å². The molecule has 0 aromatic heterocycles. The third-order valence-electron chi connectivity index (χ3n) is 5.24. The average Bonchev–Trinajstić information content (AvgIpc) is 2.59. The number of nitrogens with one attached hydrogen (secondary N) is 1. The molecule has 0 saturated heterocycles. The van der Waals surface area contributed by atoms with Crippen molar-refractivity contribution in [1.29, 1.82) is 0 Å². The molecule has 2 aliphatic rings. The Kier molecular flexibility index (Phi) is 5.37. The summed E-state index contributed by atoms with van der Waals surface area (Å²) >= 11 is 0. The fraction of sp³-hybridized carbons (Fsp3) is 0.478. The summed E-state index contributed by atoms with van der Waals surface area (Å²) in [5.74, 6) is -0.180. The number of methoxy groups -OCH3 is 1. The number of ketones is 1. The highest BCUT2D eigenvalue weighted by Crippen LogP contribution is 2.48. The first kappa shape index (κ1) is 20.2. The Morgan fingerprint density at radius 1 is 1.21 bits per heavy atom. The quantitative estimate of drug-likeness (QED) is 0.788. The minimum absolute atomic E-state index is 0.0241. The van der Waals surface area contributed by atoms with Gasteiger partial charge in [0.1, 0.15) is 5.75 Å². The third kappa shape index (κ3) is 3.71. The van der Waals surface area contributed by atoms with Gasteiger partial charge in [-0.15, -0.1) is 0 Å². The van der Waals surface area contributed by atoms with Crippen molar-refractivity contribution in [2.24, 2.45) is 5.41 Å². The maximum atomic E-state index is 13.2. The molecule has 0 unspecified atom stereocenters. The van der Waals surface area contributed by atoms with Crippen LogP contribution < -0.4 is 10.1 Å². The highest BCUT2D eigenvalue weighted by Gasteiger charge is 2.43. The van der Waals surface area contributed by atoms with Crippen molar-refractivity contribution < 1.29 is 19.1 Å². The van der Waals surface area contributed by atoms with E-state index >= 15 is 0 Å². The van der Waals surface area contributed by atoms with Crippen LogP contribution in [0.4, 0.5) is 0 Å². The van der Waals surface area contributed by atoms with Gasteiger partial charge in [0.15, 0.2) is 5.78 Å². The van der Waals surface area contributed by atoms with Crippen LogP contribution in [0.2, 0.25) is 0 Å². The summed E-state index contributed by atoms with van der Waals surface area (Å²) in [4.78, 5) is 25.9. The highest BCUT2D eigenvalue weighted by atomic mass is 16.5. The van der Waals surface area contributed by atoms with E-state index in [4.69, 9.17) is 9.47 Å². The number of ether oxygens (including phenoxy) is 2. The summed E-state index contributed by atoms with van der Waals surface area (Å²) in [6.07, 6.45) is 1.18. The summed E-state index contributed by atoms with van der Waals surface area (Å²) in [5, 5.41) is 3.33. The van der Waals surface area contributed by atoms with Crippen LogP contribution in [-0.4, -0.2) is 25.0 Å². The van der Waals surface area contributed by atoms with E-state index in [1.54, 1.807) is 0 Å². The molecule has 1 aromatic carbocycles. The molecule has 28 heavy (non-hydrogen) atoms. The summed E-state index contributed by atoms with van der Waals surface area (Å²) in [6, 6.07) is 7.63.